The molecule has 1 saturated heterocycles. The maximum atomic E-state index is 12.5. The number of hydrogen-bond donors (Lipinski definition) is 1. The summed E-state index contributed by atoms with van der Waals surface area (Å²) in [5, 5.41) is 7.68. The van der Waals surface area contributed by atoms with Crippen molar-refractivity contribution in [2.24, 2.45) is 33.7 Å². The van der Waals surface area contributed by atoms with Crippen molar-refractivity contribution in [2.75, 3.05) is 13.1 Å². The number of rotatable bonds is 2. The van der Waals surface area contributed by atoms with Crippen LogP contribution in [0, 0.1) is 28.6 Å². The van der Waals surface area contributed by atoms with Gasteiger partial charge in [0.15, 0.2) is 6.10 Å². The molecule has 1 aliphatic heterocycles. The van der Waals surface area contributed by atoms with Crippen molar-refractivity contribution < 1.29 is 9.63 Å². The van der Waals surface area contributed by atoms with Crippen LogP contribution in [0.15, 0.2) is 16.8 Å². The molecule has 0 amide bonds. The molecule has 1 heterocycles. The number of carbonyl (C=O) groups is 1. The van der Waals surface area contributed by atoms with E-state index in [0.29, 0.717) is 17.1 Å². The standard InChI is InChI=1S/C22H32N2O2/c1-21-9-7-15(24-26-16-12-23-13-16)11-14(21)3-4-17-18-5-6-20(25)22(18,2)10-8-19(17)21/h11,16-19,23H,3-10,12-13H2,1-2H3/b24-15-/t17?,18?,19?,21-,22-/m0/s1. The summed E-state index contributed by atoms with van der Waals surface area (Å²) in [5.41, 5.74) is 3.05. The minimum Gasteiger partial charge on any atom is -0.390 e. The van der Waals surface area contributed by atoms with Gasteiger partial charge in [0.25, 0.3) is 0 Å². The Morgan fingerprint density at radius 2 is 1.85 bits per heavy atom. The fourth-order valence-electron chi connectivity index (χ4n) is 6.89. The van der Waals surface area contributed by atoms with E-state index in [1.54, 1.807) is 5.57 Å². The van der Waals surface area contributed by atoms with Gasteiger partial charge in [-0.25, -0.2) is 0 Å². The van der Waals surface area contributed by atoms with Gasteiger partial charge in [-0.05, 0) is 74.2 Å². The number of nitrogens with zero attached hydrogens (tertiary/aromatic N) is 1. The van der Waals surface area contributed by atoms with Crippen LogP contribution in [0.2, 0.25) is 0 Å². The highest BCUT2D eigenvalue weighted by molar-refractivity contribution is 5.96. The van der Waals surface area contributed by atoms with Crippen molar-refractivity contribution in [3.8, 4) is 0 Å². The molecule has 0 aromatic heterocycles. The number of carbonyl (C=O) groups excluding carboxylic acids is 1. The first-order valence-electron chi connectivity index (χ1n) is 10.7. The second-order valence-corrected chi connectivity index (χ2v) is 9.89. The van der Waals surface area contributed by atoms with Crippen molar-refractivity contribution in [3.63, 3.8) is 0 Å². The van der Waals surface area contributed by atoms with E-state index < -0.39 is 0 Å². The average molecular weight is 357 g/mol. The molecular weight excluding hydrogens is 324 g/mol. The van der Waals surface area contributed by atoms with E-state index in [2.05, 4.69) is 30.4 Å². The molecule has 0 aromatic carbocycles. The van der Waals surface area contributed by atoms with Gasteiger partial charge < -0.3 is 10.2 Å². The maximum absolute atomic E-state index is 12.5. The highest BCUT2D eigenvalue weighted by Crippen LogP contribution is 2.64. The SMILES string of the molecule is C[C@]12CC/C(=N/OC3CNC3)C=C1CCC1C2CC[C@]2(C)C(=O)CCC12. The summed E-state index contributed by atoms with van der Waals surface area (Å²) in [5.74, 6) is 2.69. The number of allylic oxidation sites excluding steroid dienone is 2. The Hall–Kier alpha value is -1.16. The number of fused-ring (bicyclic) bond motifs is 5. The second kappa shape index (κ2) is 5.92. The summed E-state index contributed by atoms with van der Waals surface area (Å²) in [6, 6.07) is 0. The first-order valence-corrected chi connectivity index (χ1v) is 10.7. The molecule has 4 aliphatic carbocycles. The molecule has 0 bridgehead atoms. The second-order valence-electron chi connectivity index (χ2n) is 9.89. The van der Waals surface area contributed by atoms with Gasteiger partial charge in [-0.3, -0.25) is 4.79 Å². The van der Waals surface area contributed by atoms with Gasteiger partial charge >= 0.3 is 0 Å². The number of Topliss-reactive ketones (excluding diaryl/α,β-unsaturated/α-hetero) is 1. The quantitative estimate of drug-likeness (QED) is 0.764. The molecule has 0 radical (unpaired) electrons. The third-order valence-electron chi connectivity index (χ3n) is 8.75. The van der Waals surface area contributed by atoms with Gasteiger partial charge in [-0.2, -0.15) is 0 Å². The minimum absolute atomic E-state index is 0.00925. The lowest BCUT2D eigenvalue weighted by atomic mass is 9.47. The Morgan fingerprint density at radius 3 is 2.62 bits per heavy atom. The zero-order chi connectivity index (χ0) is 17.9. The number of ketones is 1. The largest absolute Gasteiger partial charge is 0.390 e. The third kappa shape index (κ3) is 2.37. The molecule has 4 fully saturated rings. The van der Waals surface area contributed by atoms with Crippen LogP contribution in [-0.2, 0) is 9.63 Å². The molecule has 26 heavy (non-hydrogen) atoms. The van der Waals surface area contributed by atoms with Gasteiger partial charge in [-0.15, -0.1) is 0 Å². The van der Waals surface area contributed by atoms with E-state index in [-0.39, 0.29) is 11.5 Å². The Kier molecular flexibility index (Phi) is 3.86. The van der Waals surface area contributed by atoms with Gasteiger partial charge in [0.2, 0.25) is 0 Å². The predicted molar refractivity (Wildman–Crippen MR) is 102 cm³/mol. The zero-order valence-corrected chi connectivity index (χ0v) is 16.2. The fourth-order valence-corrected chi connectivity index (χ4v) is 6.89. The van der Waals surface area contributed by atoms with Crippen LogP contribution in [0.25, 0.3) is 0 Å². The summed E-state index contributed by atoms with van der Waals surface area (Å²) in [7, 11) is 0. The molecule has 4 nitrogen and oxygen atoms in total. The molecule has 3 unspecified atom stereocenters. The molecule has 1 N–H and O–H groups in total. The molecule has 4 heteroatoms. The monoisotopic (exact) mass is 356 g/mol. The van der Waals surface area contributed by atoms with Gasteiger partial charge in [0.1, 0.15) is 5.78 Å². The Balaban J connectivity index is 1.38. The van der Waals surface area contributed by atoms with Gasteiger partial charge in [0.05, 0.1) is 5.71 Å². The van der Waals surface area contributed by atoms with E-state index in [0.717, 1.165) is 56.3 Å². The summed E-state index contributed by atoms with van der Waals surface area (Å²) >= 11 is 0. The Labute approximate surface area is 156 Å². The van der Waals surface area contributed by atoms with Crippen LogP contribution in [0.1, 0.15) is 65.2 Å². The van der Waals surface area contributed by atoms with Crippen LogP contribution in [0.5, 0.6) is 0 Å². The lowest BCUT2D eigenvalue weighted by molar-refractivity contribution is -0.132. The maximum Gasteiger partial charge on any atom is 0.152 e. The predicted octanol–water partition coefficient (Wildman–Crippen LogP) is 3.86. The van der Waals surface area contributed by atoms with E-state index in [1.165, 1.54) is 25.7 Å². The molecule has 5 rings (SSSR count). The summed E-state index contributed by atoms with van der Waals surface area (Å²) < 4.78 is 0. The highest BCUT2D eigenvalue weighted by Gasteiger charge is 2.58. The number of hydrogen-bond acceptors (Lipinski definition) is 4. The normalized spacial score (nSPS) is 46.8. The molecule has 142 valence electrons. The molecule has 5 aliphatic rings. The Morgan fingerprint density at radius 1 is 1.04 bits per heavy atom. The van der Waals surface area contributed by atoms with E-state index in [4.69, 9.17) is 4.84 Å². The molecule has 0 aromatic rings. The van der Waals surface area contributed by atoms with E-state index in [1.807, 2.05) is 0 Å². The first-order chi connectivity index (χ1) is 12.5. The fraction of sp³-hybridized carbons (Fsp3) is 0.818. The van der Waals surface area contributed by atoms with Crippen molar-refractivity contribution in [2.45, 2.75) is 71.3 Å². The summed E-state index contributed by atoms with van der Waals surface area (Å²) in [6.07, 6.45) is 11.6. The molecule has 5 atom stereocenters. The van der Waals surface area contributed by atoms with Crippen LogP contribution < -0.4 is 5.32 Å². The first kappa shape index (κ1) is 17.0. The minimum atomic E-state index is -0.00925. The topological polar surface area (TPSA) is 50.7 Å². The van der Waals surface area contributed by atoms with E-state index >= 15 is 0 Å². The van der Waals surface area contributed by atoms with Crippen molar-refractivity contribution in [1.82, 2.24) is 5.32 Å². The average Bonchev–Trinajstić information content (AvgIpc) is 2.89. The van der Waals surface area contributed by atoms with Gasteiger partial charge in [-0.1, -0.05) is 24.6 Å². The molecular formula is C22H32N2O2. The molecule has 3 saturated carbocycles. The van der Waals surface area contributed by atoms with E-state index in [9.17, 15) is 4.79 Å². The smallest absolute Gasteiger partial charge is 0.152 e. The van der Waals surface area contributed by atoms with Crippen molar-refractivity contribution >= 4 is 11.5 Å². The lowest BCUT2D eigenvalue weighted by Gasteiger charge is -2.57. The van der Waals surface area contributed by atoms with Crippen molar-refractivity contribution in [3.05, 3.63) is 11.6 Å². The zero-order valence-electron chi connectivity index (χ0n) is 16.2. The lowest BCUT2D eigenvalue weighted by Crippen LogP contribution is -2.50. The van der Waals surface area contributed by atoms with Crippen molar-refractivity contribution in [1.29, 1.82) is 0 Å². The number of nitrogens with one attached hydrogen (secondary N) is 1. The van der Waals surface area contributed by atoms with Crippen LogP contribution in [0.4, 0.5) is 0 Å². The van der Waals surface area contributed by atoms with Crippen LogP contribution in [-0.4, -0.2) is 30.7 Å². The number of oxime groups is 1. The van der Waals surface area contributed by atoms with Crippen LogP contribution in [0.3, 0.4) is 0 Å². The third-order valence-corrected chi connectivity index (χ3v) is 8.75. The summed E-state index contributed by atoms with van der Waals surface area (Å²) in [6.45, 7) is 6.62. The Bertz CT molecular complexity index is 680. The highest BCUT2D eigenvalue weighted by atomic mass is 16.6. The summed E-state index contributed by atoms with van der Waals surface area (Å²) in [4.78, 5) is 18.2. The molecule has 0 spiro atoms. The van der Waals surface area contributed by atoms with Gasteiger partial charge in [0, 0.05) is 24.9 Å². The van der Waals surface area contributed by atoms with Crippen LogP contribution >= 0.6 is 0 Å².